The quantitative estimate of drug-likeness (QED) is 0.797. The van der Waals surface area contributed by atoms with Crippen molar-refractivity contribution in [1.82, 2.24) is 4.90 Å². The summed E-state index contributed by atoms with van der Waals surface area (Å²) >= 11 is 0. The van der Waals surface area contributed by atoms with Gasteiger partial charge >= 0.3 is 0 Å². The minimum atomic E-state index is -0.189. The molecule has 1 N–H and O–H groups in total. The van der Waals surface area contributed by atoms with E-state index in [0.29, 0.717) is 11.1 Å². The molecule has 3 heteroatoms. The number of likely N-dealkylation sites (tertiary alicyclic amines) is 1. The van der Waals surface area contributed by atoms with Crippen LogP contribution >= 0.6 is 0 Å². The summed E-state index contributed by atoms with van der Waals surface area (Å²) < 4.78 is 0. The maximum absolute atomic E-state index is 12.7. The van der Waals surface area contributed by atoms with Crippen molar-refractivity contribution < 1.29 is 9.90 Å². The number of hydrogen-bond donors (Lipinski definition) is 1. The molecule has 0 unspecified atom stereocenters. The number of nitrogens with zero attached hydrogens (tertiary/aromatic N) is 1. The third-order valence-corrected chi connectivity index (χ3v) is 3.60. The highest BCUT2D eigenvalue weighted by Gasteiger charge is 2.19. The van der Waals surface area contributed by atoms with Crippen LogP contribution in [0, 0.1) is 18.8 Å². The zero-order valence-electron chi connectivity index (χ0n) is 12.0. The van der Waals surface area contributed by atoms with Crippen molar-refractivity contribution >= 4 is 5.91 Å². The SMILES string of the molecule is Cc1ccc(C#CCO)c(C(=O)N2CCCCCC2)c1. The Labute approximate surface area is 120 Å². The number of rotatable bonds is 1. The molecular weight excluding hydrogens is 250 g/mol. The Morgan fingerprint density at radius 1 is 1.25 bits per heavy atom. The Morgan fingerprint density at radius 3 is 2.60 bits per heavy atom. The zero-order valence-corrected chi connectivity index (χ0v) is 12.0. The third kappa shape index (κ3) is 3.61. The van der Waals surface area contributed by atoms with Crippen LogP contribution in [0.25, 0.3) is 0 Å². The highest BCUT2D eigenvalue weighted by molar-refractivity contribution is 5.97. The van der Waals surface area contributed by atoms with E-state index in [2.05, 4.69) is 11.8 Å². The second-order valence-electron chi connectivity index (χ2n) is 5.22. The predicted molar refractivity (Wildman–Crippen MR) is 79.5 cm³/mol. The molecule has 1 aromatic carbocycles. The van der Waals surface area contributed by atoms with Crippen LogP contribution in [0.15, 0.2) is 18.2 Å². The standard InChI is InChI=1S/C17H21NO2/c1-14-8-9-15(7-6-12-19)16(13-14)17(20)18-10-4-2-3-5-11-18/h8-9,13,19H,2-5,10-12H2,1H3. The average Bonchev–Trinajstić information content (AvgIpc) is 2.74. The molecular formula is C17H21NO2. The molecule has 0 atom stereocenters. The number of carbonyl (C=O) groups is 1. The van der Waals surface area contributed by atoms with Crippen LogP contribution in [-0.4, -0.2) is 35.6 Å². The lowest BCUT2D eigenvalue weighted by Gasteiger charge is -2.21. The summed E-state index contributed by atoms with van der Waals surface area (Å²) in [6, 6.07) is 5.71. The third-order valence-electron chi connectivity index (χ3n) is 3.60. The molecule has 2 rings (SSSR count). The molecule has 1 aliphatic rings. The fourth-order valence-electron chi connectivity index (χ4n) is 2.52. The number of benzene rings is 1. The van der Waals surface area contributed by atoms with Crippen molar-refractivity contribution in [2.75, 3.05) is 19.7 Å². The molecule has 0 bridgehead atoms. The normalized spacial score (nSPS) is 15.2. The van der Waals surface area contributed by atoms with Gasteiger partial charge in [0.25, 0.3) is 5.91 Å². The van der Waals surface area contributed by atoms with Crippen molar-refractivity contribution in [2.24, 2.45) is 0 Å². The second kappa shape index (κ2) is 7.12. The van der Waals surface area contributed by atoms with E-state index in [9.17, 15) is 4.79 Å². The van der Waals surface area contributed by atoms with Crippen molar-refractivity contribution in [3.8, 4) is 11.8 Å². The summed E-state index contributed by atoms with van der Waals surface area (Å²) in [4.78, 5) is 14.6. The van der Waals surface area contributed by atoms with Gasteiger partial charge in [-0.3, -0.25) is 4.79 Å². The molecule has 0 radical (unpaired) electrons. The van der Waals surface area contributed by atoms with E-state index in [1.165, 1.54) is 12.8 Å². The van der Waals surface area contributed by atoms with E-state index in [4.69, 9.17) is 5.11 Å². The minimum Gasteiger partial charge on any atom is -0.384 e. The molecule has 20 heavy (non-hydrogen) atoms. The van der Waals surface area contributed by atoms with Crippen molar-refractivity contribution in [3.63, 3.8) is 0 Å². The van der Waals surface area contributed by atoms with Gasteiger partial charge in [0.05, 0.1) is 5.56 Å². The highest BCUT2D eigenvalue weighted by Crippen LogP contribution is 2.17. The molecule has 1 aromatic rings. The molecule has 1 aliphatic heterocycles. The molecule has 0 aromatic heterocycles. The zero-order chi connectivity index (χ0) is 14.4. The van der Waals surface area contributed by atoms with Gasteiger partial charge in [-0.1, -0.05) is 36.3 Å². The van der Waals surface area contributed by atoms with Gasteiger partial charge in [0.1, 0.15) is 6.61 Å². The van der Waals surface area contributed by atoms with Gasteiger partial charge in [-0.05, 0) is 31.9 Å². The number of aryl methyl sites for hydroxylation is 1. The van der Waals surface area contributed by atoms with Crippen LogP contribution in [-0.2, 0) is 0 Å². The highest BCUT2D eigenvalue weighted by atomic mass is 16.2. The van der Waals surface area contributed by atoms with Gasteiger partial charge in [-0.25, -0.2) is 0 Å². The van der Waals surface area contributed by atoms with E-state index in [1.54, 1.807) is 0 Å². The molecule has 1 heterocycles. The Hall–Kier alpha value is -1.79. The summed E-state index contributed by atoms with van der Waals surface area (Å²) in [6.45, 7) is 3.45. The molecule has 1 fully saturated rings. The summed E-state index contributed by atoms with van der Waals surface area (Å²) in [7, 11) is 0. The van der Waals surface area contributed by atoms with Crippen LogP contribution in [0.3, 0.4) is 0 Å². The molecule has 0 spiro atoms. The lowest BCUT2D eigenvalue weighted by molar-refractivity contribution is 0.0761. The first-order valence-electron chi connectivity index (χ1n) is 7.22. The molecule has 1 saturated heterocycles. The van der Waals surface area contributed by atoms with Crippen LogP contribution < -0.4 is 0 Å². The Balaban J connectivity index is 2.29. The maximum atomic E-state index is 12.7. The minimum absolute atomic E-state index is 0.0674. The first-order valence-corrected chi connectivity index (χ1v) is 7.22. The lowest BCUT2D eigenvalue weighted by atomic mass is 10.0. The number of aliphatic hydroxyl groups excluding tert-OH is 1. The van der Waals surface area contributed by atoms with E-state index in [0.717, 1.165) is 31.5 Å². The van der Waals surface area contributed by atoms with Gasteiger partial charge in [-0.2, -0.15) is 0 Å². The maximum Gasteiger partial charge on any atom is 0.255 e. The first-order chi connectivity index (χ1) is 9.72. The van der Waals surface area contributed by atoms with Crippen molar-refractivity contribution in [2.45, 2.75) is 32.6 Å². The summed E-state index contributed by atoms with van der Waals surface area (Å²) in [5, 5.41) is 8.83. The Morgan fingerprint density at radius 2 is 1.95 bits per heavy atom. The molecule has 0 aliphatic carbocycles. The van der Waals surface area contributed by atoms with E-state index in [1.807, 2.05) is 30.0 Å². The van der Waals surface area contributed by atoms with E-state index >= 15 is 0 Å². The fourth-order valence-corrected chi connectivity index (χ4v) is 2.52. The van der Waals surface area contributed by atoms with Crippen LogP contribution in [0.1, 0.15) is 47.2 Å². The van der Waals surface area contributed by atoms with E-state index < -0.39 is 0 Å². The average molecular weight is 271 g/mol. The van der Waals surface area contributed by atoms with Crippen LogP contribution in [0.4, 0.5) is 0 Å². The van der Waals surface area contributed by atoms with Gasteiger partial charge < -0.3 is 10.0 Å². The van der Waals surface area contributed by atoms with Gasteiger partial charge in [0.2, 0.25) is 0 Å². The van der Waals surface area contributed by atoms with Crippen LogP contribution in [0.2, 0.25) is 0 Å². The monoisotopic (exact) mass is 271 g/mol. The van der Waals surface area contributed by atoms with Gasteiger partial charge in [0, 0.05) is 18.7 Å². The lowest BCUT2D eigenvalue weighted by Crippen LogP contribution is -2.32. The molecule has 1 amide bonds. The molecule has 0 saturated carbocycles. The Kier molecular flexibility index (Phi) is 5.20. The van der Waals surface area contributed by atoms with Crippen LogP contribution in [0.5, 0.6) is 0 Å². The summed E-state index contributed by atoms with van der Waals surface area (Å²) in [5.74, 6) is 5.58. The fraction of sp³-hybridized carbons (Fsp3) is 0.471. The van der Waals surface area contributed by atoms with Crippen molar-refractivity contribution in [3.05, 3.63) is 34.9 Å². The summed E-state index contributed by atoms with van der Waals surface area (Å²) in [6.07, 6.45) is 4.56. The van der Waals surface area contributed by atoms with E-state index in [-0.39, 0.29) is 12.5 Å². The summed E-state index contributed by atoms with van der Waals surface area (Å²) in [5.41, 5.74) is 2.42. The molecule has 3 nitrogen and oxygen atoms in total. The first kappa shape index (κ1) is 14.6. The topological polar surface area (TPSA) is 40.5 Å². The largest absolute Gasteiger partial charge is 0.384 e. The number of hydrogen-bond acceptors (Lipinski definition) is 2. The molecule has 106 valence electrons. The van der Waals surface area contributed by atoms with Crippen molar-refractivity contribution in [1.29, 1.82) is 0 Å². The van der Waals surface area contributed by atoms with Gasteiger partial charge in [-0.15, -0.1) is 0 Å². The second-order valence-corrected chi connectivity index (χ2v) is 5.22. The number of amides is 1. The Bertz CT molecular complexity index is 532. The smallest absolute Gasteiger partial charge is 0.255 e. The number of carbonyl (C=O) groups excluding carboxylic acids is 1. The predicted octanol–water partition coefficient (Wildman–Crippen LogP) is 2.36. The van der Waals surface area contributed by atoms with Gasteiger partial charge in [0.15, 0.2) is 0 Å². The number of aliphatic hydroxyl groups is 1.